The summed E-state index contributed by atoms with van der Waals surface area (Å²) in [5.41, 5.74) is 5.85. The Morgan fingerprint density at radius 3 is 1.65 bits per heavy atom. The lowest BCUT2D eigenvalue weighted by Crippen LogP contribution is -2.30. The molecule has 0 radical (unpaired) electrons. The van der Waals surface area contributed by atoms with Gasteiger partial charge in [-0.1, -0.05) is 0 Å². The van der Waals surface area contributed by atoms with E-state index in [0.717, 1.165) is 33.2 Å². The molecule has 6 N–H and O–H groups in total. The Kier molecular flexibility index (Phi) is 8.14. The van der Waals surface area contributed by atoms with Crippen LogP contribution in [-0.4, -0.2) is 50.8 Å². The number of nitrogens with one attached hydrogen (secondary N) is 6. The molecule has 2 heterocycles. The summed E-state index contributed by atoms with van der Waals surface area (Å²) in [4.78, 5) is 15.9. The number of benzene rings is 4. The molecule has 0 saturated heterocycles. The van der Waals surface area contributed by atoms with Crippen LogP contribution in [0.15, 0.2) is 72.8 Å². The second-order valence-corrected chi connectivity index (χ2v) is 11.6. The summed E-state index contributed by atoms with van der Waals surface area (Å²) < 4.78 is 26.9. The van der Waals surface area contributed by atoms with Gasteiger partial charge in [-0.15, -0.1) is 0 Å². The molecule has 11 heteroatoms. The number of aromatic nitrogens is 4. The van der Waals surface area contributed by atoms with Gasteiger partial charge in [-0.3, -0.25) is 10.8 Å². The summed E-state index contributed by atoms with van der Waals surface area (Å²) in [5.74, 6) is 2.05. The lowest BCUT2D eigenvalue weighted by molar-refractivity contribution is 0.371. The number of fused-ring (bicyclic) bond motifs is 2. The van der Waals surface area contributed by atoms with Crippen molar-refractivity contribution in [3.63, 3.8) is 0 Å². The van der Waals surface area contributed by atoms with Crippen molar-refractivity contribution in [3.05, 3.63) is 89.7 Å². The van der Waals surface area contributed by atoms with Crippen LogP contribution in [0.1, 0.15) is 38.8 Å². The third-order valence-electron chi connectivity index (χ3n) is 7.27. The van der Waals surface area contributed by atoms with Gasteiger partial charge in [0.25, 0.3) is 0 Å². The van der Waals surface area contributed by atoms with Gasteiger partial charge in [0.1, 0.15) is 23.3 Å². The highest BCUT2D eigenvalue weighted by molar-refractivity contribution is 6.00. The van der Waals surface area contributed by atoms with Crippen LogP contribution in [0.5, 0.6) is 17.2 Å². The smallest absolute Gasteiger partial charge is 0.169 e. The zero-order valence-corrected chi connectivity index (χ0v) is 26.2. The van der Waals surface area contributed by atoms with E-state index in [1.165, 1.54) is 13.2 Å². The van der Waals surface area contributed by atoms with E-state index in [2.05, 4.69) is 25.6 Å². The maximum atomic E-state index is 15.3. The highest BCUT2D eigenvalue weighted by Gasteiger charge is 2.16. The average Bonchev–Trinajstić information content (AvgIpc) is 3.65. The second kappa shape index (κ2) is 12.4. The highest BCUT2D eigenvalue weighted by atomic mass is 19.1. The fraction of sp³-hybridized carbons (Fsp3) is 0.200. The molecule has 0 spiro atoms. The molecule has 0 aliphatic rings. The second-order valence-electron chi connectivity index (χ2n) is 11.6. The van der Waals surface area contributed by atoms with E-state index in [1.807, 2.05) is 70.2 Å². The molecule has 0 saturated carbocycles. The first kappa shape index (κ1) is 30.3. The minimum absolute atomic E-state index is 0.0372. The van der Waals surface area contributed by atoms with Crippen LogP contribution in [0.3, 0.4) is 0 Å². The van der Waals surface area contributed by atoms with Gasteiger partial charge in [-0.05, 0) is 100 Å². The van der Waals surface area contributed by atoms with Gasteiger partial charge in [-0.25, -0.2) is 14.4 Å². The molecule has 0 bridgehead atoms. The van der Waals surface area contributed by atoms with Crippen LogP contribution in [0, 0.1) is 16.6 Å². The van der Waals surface area contributed by atoms with E-state index < -0.39 is 5.82 Å². The molecular weight excluding hydrogens is 583 g/mol. The molecule has 4 aromatic carbocycles. The normalized spacial score (nSPS) is 11.4. The Bertz CT molecular complexity index is 2100. The van der Waals surface area contributed by atoms with Crippen LogP contribution >= 0.6 is 0 Å². The van der Waals surface area contributed by atoms with Crippen LogP contribution in [-0.2, 0) is 0 Å². The van der Waals surface area contributed by atoms with Crippen molar-refractivity contribution in [1.82, 2.24) is 30.6 Å². The molecule has 6 rings (SSSR count). The number of hydrogen-bond donors (Lipinski definition) is 6. The largest absolute Gasteiger partial charge is 0.493 e. The predicted octanol–water partition coefficient (Wildman–Crippen LogP) is 7.36. The van der Waals surface area contributed by atoms with Gasteiger partial charge in [0.05, 0.1) is 29.2 Å². The Balaban J connectivity index is 1.21. The van der Waals surface area contributed by atoms with E-state index in [9.17, 15) is 0 Å². The summed E-state index contributed by atoms with van der Waals surface area (Å²) in [7, 11) is 1.52. The number of halogens is 1. The van der Waals surface area contributed by atoms with Crippen molar-refractivity contribution in [2.45, 2.75) is 39.8 Å². The number of methoxy groups -OCH3 is 1. The molecule has 46 heavy (non-hydrogen) atoms. The van der Waals surface area contributed by atoms with Gasteiger partial charge in [0.15, 0.2) is 23.1 Å². The van der Waals surface area contributed by atoms with Crippen LogP contribution in [0.25, 0.3) is 44.8 Å². The van der Waals surface area contributed by atoms with Crippen LogP contribution in [0.4, 0.5) is 4.39 Å². The molecule has 0 atom stereocenters. The quantitative estimate of drug-likeness (QED) is 0.0737. The first-order valence-corrected chi connectivity index (χ1v) is 14.9. The van der Waals surface area contributed by atoms with Crippen LogP contribution in [0.2, 0.25) is 0 Å². The Labute approximate surface area is 265 Å². The lowest BCUT2D eigenvalue weighted by atomic mass is 10.1. The van der Waals surface area contributed by atoms with Gasteiger partial charge in [0.2, 0.25) is 0 Å². The summed E-state index contributed by atoms with van der Waals surface area (Å²) in [6.45, 7) is 7.94. The number of aromatic amines is 2. The Hall–Kier alpha value is -5.71. The standard InChI is InChI=1S/C35H35FN8O2/c1-18(2)39-32(37)20-6-10-25-27(15-20)43-34(41-25)22-8-12-29(24(36)14-22)46-30-13-9-23(17-31(30)45-5)35-42-26-11-7-21(16-28(26)44-35)33(38)40-19(3)4/h6-19H,1-5H3,(H2,37,39)(H2,38,40)(H,41,43)(H,42,44). The topological polar surface area (TPSA) is 148 Å². The number of nitrogens with zero attached hydrogens (tertiary/aromatic N) is 2. The van der Waals surface area contributed by atoms with Crippen molar-refractivity contribution in [3.8, 4) is 40.0 Å². The number of amidine groups is 2. The number of imidazole rings is 2. The SMILES string of the molecule is COc1cc(-c2nc3ccc(C(=N)NC(C)C)cc3[nH]2)ccc1Oc1ccc(-c2nc3ccc(C(=N)NC(C)C)cc3[nH]2)cc1F. The summed E-state index contributed by atoms with van der Waals surface area (Å²) in [6, 6.07) is 21.4. The molecule has 10 nitrogen and oxygen atoms in total. The fourth-order valence-corrected chi connectivity index (χ4v) is 5.10. The first-order valence-electron chi connectivity index (χ1n) is 14.9. The lowest BCUT2D eigenvalue weighted by Gasteiger charge is -2.12. The van der Waals surface area contributed by atoms with Crippen molar-refractivity contribution in [1.29, 1.82) is 10.8 Å². The highest BCUT2D eigenvalue weighted by Crippen LogP contribution is 2.37. The molecule has 0 amide bonds. The van der Waals surface area contributed by atoms with Gasteiger partial charge in [-0.2, -0.15) is 0 Å². The van der Waals surface area contributed by atoms with Gasteiger partial charge in [0, 0.05) is 34.3 Å². The third-order valence-corrected chi connectivity index (χ3v) is 7.27. The van der Waals surface area contributed by atoms with Crippen molar-refractivity contribution >= 4 is 33.7 Å². The fourth-order valence-electron chi connectivity index (χ4n) is 5.10. The number of hydrogen-bond acceptors (Lipinski definition) is 6. The van der Waals surface area contributed by atoms with E-state index >= 15 is 4.39 Å². The van der Waals surface area contributed by atoms with Gasteiger partial charge >= 0.3 is 0 Å². The molecule has 6 aromatic rings. The molecule has 0 unspecified atom stereocenters. The zero-order chi connectivity index (χ0) is 32.5. The monoisotopic (exact) mass is 618 g/mol. The predicted molar refractivity (Wildman–Crippen MR) is 180 cm³/mol. The minimum Gasteiger partial charge on any atom is -0.493 e. The summed E-state index contributed by atoms with van der Waals surface area (Å²) in [6.07, 6.45) is 0. The maximum Gasteiger partial charge on any atom is 0.169 e. The molecule has 0 aliphatic carbocycles. The molecule has 0 fully saturated rings. The van der Waals surface area contributed by atoms with Crippen molar-refractivity contribution in [2.24, 2.45) is 0 Å². The Morgan fingerprint density at radius 1 is 0.674 bits per heavy atom. The van der Waals surface area contributed by atoms with Crippen molar-refractivity contribution in [2.75, 3.05) is 7.11 Å². The molecule has 234 valence electrons. The third kappa shape index (κ3) is 6.25. The summed E-state index contributed by atoms with van der Waals surface area (Å²) >= 11 is 0. The minimum atomic E-state index is -0.557. The van der Waals surface area contributed by atoms with E-state index in [-0.39, 0.29) is 17.8 Å². The van der Waals surface area contributed by atoms with Crippen molar-refractivity contribution < 1.29 is 13.9 Å². The number of rotatable bonds is 9. The molecule has 0 aliphatic heterocycles. The van der Waals surface area contributed by atoms with E-state index in [4.69, 9.17) is 25.3 Å². The maximum absolute atomic E-state index is 15.3. The zero-order valence-electron chi connectivity index (χ0n) is 26.2. The summed E-state index contributed by atoms with van der Waals surface area (Å²) in [5, 5.41) is 22.8. The number of ether oxygens (including phenoxy) is 2. The van der Waals surface area contributed by atoms with E-state index in [0.29, 0.717) is 45.9 Å². The van der Waals surface area contributed by atoms with Crippen LogP contribution < -0.4 is 20.1 Å². The van der Waals surface area contributed by atoms with E-state index in [1.54, 1.807) is 24.3 Å². The molecule has 2 aromatic heterocycles. The first-order chi connectivity index (χ1) is 22.1. The Morgan fingerprint density at radius 2 is 1.17 bits per heavy atom. The van der Waals surface area contributed by atoms with Gasteiger partial charge < -0.3 is 30.1 Å². The number of H-pyrrole nitrogens is 2. The molecular formula is C35H35FN8O2. The average molecular weight is 619 g/mol.